The highest BCUT2D eigenvalue weighted by molar-refractivity contribution is 6.31. The van der Waals surface area contributed by atoms with Crippen LogP contribution in [0.25, 0.3) is 0 Å². The summed E-state index contributed by atoms with van der Waals surface area (Å²) in [5.41, 5.74) is 2.23. The van der Waals surface area contributed by atoms with Crippen molar-refractivity contribution in [2.45, 2.75) is 27.2 Å². The van der Waals surface area contributed by atoms with Crippen LogP contribution in [0, 0.1) is 6.92 Å². The molecular formula is C20H23ClN2O3. The van der Waals surface area contributed by atoms with Crippen LogP contribution in [-0.2, 0) is 9.59 Å². The Bertz CT molecular complexity index is 792. The molecule has 0 heterocycles. The van der Waals surface area contributed by atoms with E-state index in [0.717, 1.165) is 5.56 Å². The maximum atomic E-state index is 12.3. The Morgan fingerprint density at radius 1 is 1.19 bits per heavy atom. The van der Waals surface area contributed by atoms with Crippen molar-refractivity contribution in [2.75, 3.05) is 23.4 Å². The fourth-order valence-electron chi connectivity index (χ4n) is 2.50. The van der Waals surface area contributed by atoms with Gasteiger partial charge in [0.15, 0.2) is 0 Å². The van der Waals surface area contributed by atoms with Gasteiger partial charge in [-0.2, -0.15) is 0 Å². The lowest BCUT2D eigenvalue weighted by molar-refractivity contribution is -0.117. The molecule has 0 aliphatic heterocycles. The third-order valence-electron chi connectivity index (χ3n) is 3.87. The molecule has 0 saturated heterocycles. The van der Waals surface area contributed by atoms with Gasteiger partial charge in [-0.1, -0.05) is 29.8 Å². The highest BCUT2D eigenvalue weighted by atomic mass is 35.5. The molecule has 0 aliphatic carbocycles. The first-order chi connectivity index (χ1) is 12.4. The van der Waals surface area contributed by atoms with Gasteiger partial charge in [-0.05, 0) is 43.7 Å². The van der Waals surface area contributed by atoms with Crippen LogP contribution in [0.4, 0.5) is 11.4 Å². The summed E-state index contributed by atoms with van der Waals surface area (Å²) in [6.07, 6.45) is 0.158. The normalized spacial score (nSPS) is 10.3. The van der Waals surface area contributed by atoms with Gasteiger partial charge in [0.25, 0.3) is 0 Å². The monoisotopic (exact) mass is 374 g/mol. The molecule has 5 nitrogen and oxygen atoms in total. The first-order valence-corrected chi connectivity index (χ1v) is 8.86. The second-order valence-corrected chi connectivity index (χ2v) is 6.24. The number of hydrogen-bond donors (Lipinski definition) is 1. The predicted molar refractivity (Wildman–Crippen MR) is 105 cm³/mol. The maximum Gasteiger partial charge on any atom is 0.226 e. The molecular weight excluding hydrogens is 352 g/mol. The standard InChI is InChI=1S/C20H23ClN2O3/c1-4-26-19-8-6-5-7-18(19)22-20(25)11-12-23(15(3)24)16-10-9-14(2)17(21)13-16/h5-10,13H,4,11-12H2,1-3H3,(H,22,25). The number of amides is 2. The van der Waals surface area contributed by atoms with E-state index in [0.29, 0.717) is 28.8 Å². The zero-order chi connectivity index (χ0) is 19.1. The number of hydrogen-bond acceptors (Lipinski definition) is 3. The van der Waals surface area contributed by atoms with Crippen molar-refractivity contribution in [3.63, 3.8) is 0 Å². The van der Waals surface area contributed by atoms with Crippen LogP contribution in [0.1, 0.15) is 25.8 Å². The summed E-state index contributed by atoms with van der Waals surface area (Å²) in [6.45, 7) is 6.02. The van der Waals surface area contributed by atoms with Crippen LogP contribution in [0.5, 0.6) is 5.75 Å². The van der Waals surface area contributed by atoms with Crippen molar-refractivity contribution in [3.8, 4) is 5.75 Å². The minimum atomic E-state index is -0.193. The number of halogens is 1. The molecule has 0 radical (unpaired) electrons. The number of nitrogens with zero attached hydrogens (tertiary/aromatic N) is 1. The predicted octanol–water partition coefficient (Wildman–Crippen LogP) is 4.43. The maximum absolute atomic E-state index is 12.3. The molecule has 2 amide bonds. The smallest absolute Gasteiger partial charge is 0.226 e. The van der Waals surface area contributed by atoms with Gasteiger partial charge in [-0.3, -0.25) is 9.59 Å². The molecule has 0 bridgehead atoms. The van der Waals surface area contributed by atoms with Crippen LogP contribution >= 0.6 is 11.6 Å². The summed E-state index contributed by atoms with van der Waals surface area (Å²) in [5, 5.41) is 3.42. The summed E-state index contributed by atoms with van der Waals surface area (Å²) in [7, 11) is 0. The first-order valence-electron chi connectivity index (χ1n) is 8.48. The molecule has 0 aromatic heterocycles. The summed E-state index contributed by atoms with van der Waals surface area (Å²) in [6, 6.07) is 12.7. The zero-order valence-electron chi connectivity index (χ0n) is 15.2. The zero-order valence-corrected chi connectivity index (χ0v) is 16.0. The van der Waals surface area contributed by atoms with Gasteiger partial charge in [0.05, 0.1) is 12.3 Å². The second kappa shape index (κ2) is 9.25. The summed E-state index contributed by atoms with van der Waals surface area (Å²) < 4.78 is 5.50. The van der Waals surface area contributed by atoms with Gasteiger partial charge in [0.1, 0.15) is 5.75 Å². The number of anilines is 2. The lowest BCUT2D eigenvalue weighted by atomic mass is 10.2. The van der Waals surface area contributed by atoms with Crippen LogP contribution < -0.4 is 15.0 Å². The van der Waals surface area contributed by atoms with E-state index in [1.54, 1.807) is 23.1 Å². The minimum absolute atomic E-state index is 0.146. The number of rotatable bonds is 7. The number of aryl methyl sites for hydroxylation is 1. The number of carbonyl (C=O) groups is 2. The molecule has 0 spiro atoms. The summed E-state index contributed by atoms with van der Waals surface area (Å²) in [5.74, 6) is 0.283. The van der Waals surface area contributed by atoms with E-state index in [9.17, 15) is 9.59 Å². The second-order valence-electron chi connectivity index (χ2n) is 5.83. The molecule has 6 heteroatoms. The van der Waals surface area contributed by atoms with Crippen LogP contribution in [0.2, 0.25) is 5.02 Å². The third kappa shape index (κ3) is 5.23. The Morgan fingerprint density at radius 2 is 1.92 bits per heavy atom. The van der Waals surface area contributed by atoms with Gasteiger partial charge in [0.2, 0.25) is 11.8 Å². The highest BCUT2D eigenvalue weighted by Gasteiger charge is 2.15. The summed E-state index contributed by atoms with van der Waals surface area (Å²) >= 11 is 6.15. The fourth-order valence-corrected chi connectivity index (χ4v) is 2.67. The molecule has 0 atom stereocenters. The van der Waals surface area contributed by atoms with Crippen molar-refractivity contribution in [3.05, 3.63) is 53.1 Å². The number of nitrogens with one attached hydrogen (secondary N) is 1. The van der Waals surface area contributed by atoms with Crippen LogP contribution in [0.15, 0.2) is 42.5 Å². The number of para-hydroxylation sites is 2. The van der Waals surface area contributed by atoms with E-state index in [4.69, 9.17) is 16.3 Å². The molecule has 2 rings (SSSR count). The Morgan fingerprint density at radius 3 is 2.58 bits per heavy atom. The third-order valence-corrected chi connectivity index (χ3v) is 4.28. The molecule has 0 fully saturated rings. The topological polar surface area (TPSA) is 58.6 Å². The molecule has 2 aromatic rings. The Balaban J connectivity index is 2.04. The first kappa shape index (κ1) is 19.8. The molecule has 1 N–H and O–H groups in total. The average Bonchev–Trinajstić information content (AvgIpc) is 2.60. The van der Waals surface area contributed by atoms with Gasteiger partial charge < -0.3 is 15.0 Å². The van der Waals surface area contributed by atoms with Gasteiger partial charge in [-0.25, -0.2) is 0 Å². The number of benzene rings is 2. The Hall–Kier alpha value is -2.53. The summed E-state index contributed by atoms with van der Waals surface area (Å²) in [4.78, 5) is 25.8. The highest BCUT2D eigenvalue weighted by Crippen LogP contribution is 2.25. The Kier molecular flexibility index (Phi) is 7.04. The number of carbonyl (C=O) groups excluding carboxylic acids is 2. The molecule has 0 aliphatic rings. The Labute approximate surface area is 158 Å². The van der Waals surface area contributed by atoms with Gasteiger partial charge in [-0.15, -0.1) is 0 Å². The quantitative estimate of drug-likeness (QED) is 0.779. The van der Waals surface area contributed by atoms with Crippen LogP contribution in [0.3, 0.4) is 0 Å². The molecule has 0 saturated carbocycles. The van der Waals surface area contributed by atoms with Crippen molar-refractivity contribution < 1.29 is 14.3 Å². The lowest BCUT2D eigenvalue weighted by Crippen LogP contribution is -2.32. The number of ether oxygens (including phenoxy) is 1. The van der Waals surface area contributed by atoms with Gasteiger partial charge >= 0.3 is 0 Å². The van der Waals surface area contributed by atoms with Crippen molar-refractivity contribution in [1.29, 1.82) is 0 Å². The SMILES string of the molecule is CCOc1ccccc1NC(=O)CCN(C(C)=O)c1ccc(C)c(Cl)c1. The lowest BCUT2D eigenvalue weighted by Gasteiger charge is -2.21. The van der Waals surface area contributed by atoms with Crippen molar-refractivity contribution in [1.82, 2.24) is 0 Å². The average molecular weight is 375 g/mol. The van der Waals surface area contributed by atoms with Crippen molar-refractivity contribution >= 4 is 34.8 Å². The largest absolute Gasteiger partial charge is 0.492 e. The van der Waals surface area contributed by atoms with Crippen molar-refractivity contribution in [2.24, 2.45) is 0 Å². The van der Waals surface area contributed by atoms with Gasteiger partial charge in [0, 0.05) is 30.6 Å². The molecule has 138 valence electrons. The molecule has 0 unspecified atom stereocenters. The van der Waals surface area contributed by atoms with E-state index in [2.05, 4.69) is 5.32 Å². The van der Waals surface area contributed by atoms with E-state index in [1.165, 1.54) is 6.92 Å². The van der Waals surface area contributed by atoms with E-state index < -0.39 is 0 Å². The van der Waals surface area contributed by atoms with Crippen LogP contribution in [-0.4, -0.2) is 25.0 Å². The van der Waals surface area contributed by atoms with E-state index >= 15 is 0 Å². The minimum Gasteiger partial charge on any atom is -0.492 e. The van der Waals surface area contributed by atoms with E-state index in [1.807, 2.05) is 38.1 Å². The molecule has 26 heavy (non-hydrogen) atoms. The van der Waals surface area contributed by atoms with E-state index in [-0.39, 0.29) is 24.8 Å². The fraction of sp³-hybridized carbons (Fsp3) is 0.300. The molecule has 2 aromatic carbocycles.